The van der Waals surface area contributed by atoms with E-state index in [0.717, 1.165) is 36.8 Å². The summed E-state index contributed by atoms with van der Waals surface area (Å²) in [4.78, 5) is 35.7. The number of hydrogen-bond acceptors (Lipinski definition) is 12. The maximum absolute atomic E-state index is 12.9. The number of unbranched alkanes of at least 4 members (excludes halogenated alkanes) is 3. The Hall–Kier alpha value is -3.89. The van der Waals surface area contributed by atoms with Crippen molar-refractivity contribution in [3.8, 4) is 0 Å². The van der Waals surface area contributed by atoms with Gasteiger partial charge >= 0.3 is 0 Å². The van der Waals surface area contributed by atoms with Crippen LogP contribution in [0.15, 0.2) is 48.5 Å². The highest BCUT2D eigenvalue weighted by Crippen LogP contribution is 2.18. The molecule has 2 amide bonds. The van der Waals surface area contributed by atoms with Gasteiger partial charge in [-0.3, -0.25) is 14.5 Å². The number of aryl methyl sites for hydroxylation is 1. The van der Waals surface area contributed by atoms with E-state index in [-0.39, 0.29) is 40.9 Å². The number of amides is 2. The number of anilines is 2. The number of benzene rings is 2. The number of nitrogens with two attached hydrogens (primary N) is 2. The number of aromatic nitrogens is 2. The van der Waals surface area contributed by atoms with Gasteiger partial charge in [-0.1, -0.05) is 74.2 Å². The van der Waals surface area contributed by atoms with Crippen LogP contribution in [-0.2, 0) is 13.0 Å². The molecule has 0 fully saturated rings. The van der Waals surface area contributed by atoms with Crippen LogP contribution in [0.3, 0.4) is 0 Å². The molecule has 3 rings (SSSR count). The van der Waals surface area contributed by atoms with Crippen LogP contribution in [0.25, 0.3) is 0 Å². The molecule has 11 N–H and O–H groups in total. The highest BCUT2D eigenvalue weighted by Gasteiger charge is 2.26. The van der Waals surface area contributed by atoms with E-state index >= 15 is 0 Å². The zero-order valence-corrected chi connectivity index (χ0v) is 30.9. The van der Waals surface area contributed by atoms with Crippen molar-refractivity contribution in [2.24, 2.45) is 5.92 Å². The van der Waals surface area contributed by atoms with Crippen LogP contribution < -0.4 is 27.4 Å². The van der Waals surface area contributed by atoms with Gasteiger partial charge in [0.2, 0.25) is 0 Å². The Balaban J connectivity index is 1.53. The number of nitrogens with one attached hydrogen (secondary N) is 3. The second-order valence-corrected chi connectivity index (χ2v) is 13.5. The molecule has 0 saturated carbocycles. The predicted octanol–water partition coefficient (Wildman–Crippen LogP) is 1.67. The molecule has 0 aliphatic rings. The van der Waals surface area contributed by atoms with Gasteiger partial charge in [0.1, 0.15) is 12.2 Å². The molecule has 2 aromatic carbocycles. The first-order valence-corrected chi connectivity index (χ1v) is 18.2. The van der Waals surface area contributed by atoms with E-state index in [1.165, 1.54) is 5.56 Å². The van der Waals surface area contributed by atoms with Gasteiger partial charge in [0.05, 0.1) is 12.7 Å². The second-order valence-electron chi connectivity index (χ2n) is 13.1. The lowest BCUT2D eigenvalue weighted by Gasteiger charge is -2.29. The summed E-state index contributed by atoms with van der Waals surface area (Å²) in [5.74, 6) is -0.858. The number of nitrogens with zero attached hydrogens (tertiary/aromatic N) is 3. The fourth-order valence-corrected chi connectivity index (χ4v) is 5.84. The molecular weight excluding hydrogens is 688 g/mol. The molecule has 0 spiro atoms. The van der Waals surface area contributed by atoms with Crippen LogP contribution >= 0.6 is 11.6 Å². The van der Waals surface area contributed by atoms with Crippen molar-refractivity contribution in [1.29, 1.82) is 0 Å². The Labute approximate surface area is 311 Å². The van der Waals surface area contributed by atoms with E-state index in [9.17, 15) is 24.9 Å². The minimum atomic E-state index is -1.47. The number of aliphatic hydroxyl groups is 4. The van der Waals surface area contributed by atoms with Crippen LogP contribution in [0, 0.1) is 12.8 Å². The summed E-state index contributed by atoms with van der Waals surface area (Å²) < 4.78 is 0. The lowest BCUT2D eigenvalue weighted by molar-refractivity contribution is -0.0840. The minimum Gasteiger partial charge on any atom is -0.394 e. The van der Waals surface area contributed by atoms with Crippen LogP contribution in [0.5, 0.6) is 0 Å². The van der Waals surface area contributed by atoms with E-state index in [2.05, 4.69) is 51.9 Å². The van der Waals surface area contributed by atoms with E-state index in [4.69, 9.17) is 28.2 Å². The van der Waals surface area contributed by atoms with Crippen LogP contribution in [-0.4, -0.2) is 111 Å². The molecule has 1 aromatic heterocycles. The third-order valence-corrected chi connectivity index (χ3v) is 9.16. The Kier molecular flexibility index (Phi) is 18.2. The third-order valence-electron chi connectivity index (χ3n) is 8.88. The Morgan fingerprint density at radius 1 is 0.885 bits per heavy atom. The van der Waals surface area contributed by atoms with Gasteiger partial charge < -0.3 is 47.8 Å². The van der Waals surface area contributed by atoms with Gasteiger partial charge in [-0.25, -0.2) is 9.97 Å². The summed E-state index contributed by atoms with van der Waals surface area (Å²) in [6.45, 7) is 6.51. The van der Waals surface area contributed by atoms with Gasteiger partial charge in [-0.2, -0.15) is 0 Å². The number of carbonyl (C=O) groups is 2. The predicted molar refractivity (Wildman–Crippen MR) is 203 cm³/mol. The molecule has 0 saturated heterocycles. The molecule has 0 radical (unpaired) electrons. The van der Waals surface area contributed by atoms with E-state index in [0.29, 0.717) is 51.3 Å². The molecule has 3 aromatic rings. The van der Waals surface area contributed by atoms with Crippen molar-refractivity contribution in [3.05, 3.63) is 81.6 Å². The maximum Gasteiger partial charge on any atom is 0.273 e. The zero-order chi connectivity index (χ0) is 38.0. The molecular formula is C37H55ClN8O6. The fourth-order valence-electron chi connectivity index (χ4n) is 5.71. The van der Waals surface area contributed by atoms with Crippen molar-refractivity contribution in [2.45, 2.75) is 70.8 Å². The van der Waals surface area contributed by atoms with Gasteiger partial charge in [-0.05, 0) is 61.1 Å². The highest BCUT2D eigenvalue weighted by atomic mass is 35.5. The van der Waals surface area contributed by atoms with Crippen LogP contribution in [0.4, 0.5) is 11.6 Å². The Morgan fingerprint density at radius 3 is 2.31 bits per heavy atom. The molecule has 52 heavy (non-hydrogen) atoms. The summed E-state index contributed by atoms with van der Waals surface area (Å²) in [6, 6.07) is 15.4. The van der Waals surface area contributed by atoms with E-state index in [1.54, 1.807) is 12.1 Å². The average molecular weight is 743 g/mol. The minimum absolute atomic E-state index is 0.0175. The topological polar surface area (TPSA) is 232 Å². The summed E-state index contributed by atoms with van der Waals surface area (Å²) in [6.07, 6.45) is 0.651. The summed E-state index contributed by atoms with van der Waals surface area (Å²) >= 11 is 5.97. The van der Waals surface area contributed by atoms with Crippen molar-refractivity contribution >= 4 is 35.1 Å². The molecule has 0 aliphatic carbocycles. The molecule has 14 nitrogen and oxygen atoms in total. The SMILES string of the molecule is CCCCCCN(CCNC(=O)c1ccc(CNCC(CNC(=O)c2nc(Cl)c(N)nc2N)Cc2ccccc2C)cc1)CC(O)C(O)C(O)CO. The molecule has 0 aliphatic heterocycles. The first kappa shape index (κ1) is 42.5. The van der Waals surface area contributed by atoms with Gasteiger partial charge in [-0.15, -0.1) is 0 Å². The van der Waals surface area contributed by atoms with Crippen molar-refractivity contribution in [2.75, 3.05) is 57.3 Å². The standard InChI is InChI=1S/C37H55ClN8O6/c1-3-4-5-8-16-46(22-29(48)32(50)30(49)23-47)17-15-42-36(51)27-13-11-25(12-14-27)19-41-20-26(18-28-10-7-6-9-24(28)2)21-43-37(52)31-34(39)45-35(40)33(38)44-31/h6-7,9-14,26,29-30,32,41,47-50H,3-5,8,15-23H2,1-2H3,(H,42,51)(H,43,52)(H4,39,40,45). The lowest BCUT2D eigenvalue weighted by Crippen LogP contribution is -2.47. The zero-order valence-electron chi connectivity index (χ0n) is 30.1. The maximum atomic E-state index is 12.9. The van der Waals surface area contributed by atoms with E-state index < -0.39 is 30.8 Å². The van der Waals surface area contributed by atoms with Crippen LogP contribution in [0.2, 0.25) is 5.15 Å². The quantitative estimate of drug-likeness (QED) is 0.0632. The summed E-state index contributed by atoms with van der Waals surface area (Å²) in [5, 5.41) is 48.5. The molecule has 4 unspecified atom stereocenters. The summed E-state index contributed by atoms with van der Waals surface area (Å²) in [7, 11) is 0. The number of rotatable bonds is 23. The van der Waals surface area contributed by atoms with Gasteiger partial charge in [0.25, 0.3) is 11.8 Å². The van der Waals surface area contributed by atoms with Gasteiger partial charge in [0.15, 0.2) is 22.5 Å². The fraction of sp³-hybridized carbons (Fsp3) is 0.514. The lowest BCUT2D eigenvalue weighted by atomic mass is 9.95. The van der Waals surface area contributed by atoms with Crippen molar-refractivity contribution in [3.63, 3.8) is 0 Å². The highest BCUT2D eigenvalue weighted by molar-refractivity contribution is 6.31. The smallest absolute Gasteiger partial charge is 0.273 e. The summed E-state index contributed by atoms with van der Waals surface area (Å²) in [5.41, 5.74) is 15.2. The largest absolute Gasteiger partial charge is 0.394 e. The van der Waals surface area contributed by atoms with Crippen molar-refractivity contribution < 1.29 is 30.0 Å². The first-order valence-electron chi connectivity index (χ1n) is 17.8. The van der Waals surface area contributed by atoms with E-state index in [1.807, 2.05) is 29.2 Å². The number of nitrogen functional groups attached to an aromatic ring is 2. The van der Waals surface area contributed by atoms with Crippen LogP contribution in [0.1, 0.15) is 70.1 Å². The monoisotopic (exact) mass is 742 g/mol. The normalized spacial score (nSPS) is 13.8. The molecule has 4 atom stereocenters. The third kappa shape index (κ3) is 13.9. The number of halogens is 1. The average Bonchev–Trinajstić information content (AvgIpc) is 3.13. The second kappa shape index (κ2) is 22.2. The number of aliphatic hydroxyl groups excluding tert-OH is 4. The molecule has 286 valence electrons. The van der Waals surface area contributed by atoms with Gasteiger partial charge in [0, 0.05) is 44.8 Å². The first-order chi connectivity index (χ1) is 24.9. The number of carbonyl (C=O) groups excluding carboxylic acids is 2. The molecule has 15 heteroatoms. The number of hydrogen-bond donors (Lipinski definition) is 9. The molecule has 1 heterocycles. The Morgan fingerprint density at radius 2 is 1.62 bits per heavy atom. The molecule has 0 bridgehead atoms. The Bertz CT molecular complexity index is 1550. The van der Waals surface area contributed by atoms with Crippen molar-refractivity contribution in [1.82, 2.24) is 30.8 Å².